The molecule has 1 aromatic rings. The van der Waals surface area contributed by atoms with Crippen LogP contribution in [0.4, 0.5) is 4.79 Å². The third kappa shape index (κ3) is 4.51. The van der Waals surface area contributed by atoms with Gasteiger partial charge in [0.25, 0.3) is 5.91 Å². The molecule has 1 aliphatic heterocycles. The number of β-lactam (4-membered cyclic amide) rings is 1. The zero-order valence-electron chi connectivity index (χ0n) is 12.1. The fraction of sp³-hybridized carbons (Fsp3) is 0.333. The van der Waals surface area contributed by atoms with E-state index in [4.69, 9.17) is 4.74 Å². The fourth-order valence-corrected chi connectivity index (χ4v) is 2.85. The van der Waals surface area contributed by atoms with Gasteiger partial charge in [-0.25, -0.2) is 17.5 Å². The molecule has 10 heteroatoms. The van der Waals surface area contributed by atoms with E-state index in [0.29, 0.717) is 0 Å². The van der Waals surface area contributed by atoms with Crippen LogP contribution in [0.3, 0.4) is 0 Å². The van der Waals surface area contributed by atoms with E-state index in [2.05, 4.69) is 5.32 Å². The van der Waals surface area contributed by atoms with Gasteiger partial charge in [0.15, 0.2) is 10.3 Å². The number of amides is 2. The first kappa shape index (κ1) is 19.6. The van der Waals surface area contributed by atoms with Crippen molar-refractivity contribution in [2.45, 2.75) is 25.6 Å². The van der Waals surface area contributed by atoms with Crippen LogP contribution in [0.5, 0.6) is 0 Å². The zero-order chi connectivity index (χ0) is 15.6. The Kier molecular flexibility index (Phi) is 6.99. The topological polar surface area (TPSA) is 116 Å². The van der Waals surface area contributed by atoms with Gasteiger partial charge in [-0.1, -0.05) is 30.3 Å². The number of rotatable bonds is 4. The van der Waals surface area contributed by atoms with Crippen LogP contribution >= 0.6 is 0 Å². The smallest absolute Gasteiger partial charge is 0.731 e. The molecule has 0 unspecified atom stereocenters. The van der Waals surface area contributed by atoms with Crippen molar-refractivity contribution < 1.29 is 78.7 Å². The molecule has 0 aromatic heterocycles. The number of nitrogens with one attached hydrogen (secondary N) is 1. The number of hydrogen-bond donors (Lipinski definition) is 1. The van der Waals surface area contributed by atoms with Gasteiger partial charge in [0.05, 0.1) is 6.04 Å². The summed E-state index contributed by atoms with van der Waals surface area (Å²) in [6.45, 7) is 1.37. The van der Waals surface area contributed by atoms with Crippen molar-refractivity contribution in [1.29, 1.82) is 0 Å². The molecule has 0 bridgehead atoms. The van der Waals surface area contributed by atoms with Crippen molar-refractivity contribution in [3.63, 3.8) is 0 Å². The van der Waals surface area contributed by atoms with E-state index in [0.717, 1.165) is 5.56 Å². The van der Waals surface area contributed by atoms with Crippen LogP contribution in [0.15, 0.2) is 30.3 Å². The first-order valence-corrected chi connectivity index (χ1v) is 7.43. The molecule has 2 amide bonds. The molecule has 8 nitrogen and oxygen atoms in total. The van der Waals surface area contributed by atoms with Gasteiger partial charge in [0.1, 0.15) is 12.6 Å². The van der Waals surface area contributed by atoms with E-state index in [1.807, 2.05) is 6.07 Å². The molecule has 0 saturated carbocycles. The molecule has 1 aromatic carbocycles. The van der Waals surface area contributed by atoms with Crippen molar-refractivity contribution in [3.8, 4) is 0 Å². The number of alkyl carbamates (subject to hydrolysis) is 1. The number of nitrogens with zero attached hydrogens (tertiary/aromatic N) is 1. The van der Waals surface area contributed by atoms with Crippen LogP contribution in [0.2, 0.25) is 0 Å². The Balaban J connectivity index is 0.00000242. The summed E-state index contributed by atoms with van der Waals surface area (Å²) in [6, 6.07) is 6.90. The molecule has 1 N–H and O–H groups in total. The minimum Gasteiger partial charge on any atom is -0.731 e. The van der Waals surface area contributed by atoms with E-state index in [1.54, 1.807) is 24.3 Å². The van der Waals surface area contributed by atoms with Gasteiger partial charge < -0.3 is 14.6 Å². The minimum absolute atomic E-state index is 0. The van der Waals surface area contributed by atoms with E-state index in [9.17, 15) is 22.6 Å². The molecule has 2 rings (SSSR count). The first-order valence-electron chi connectivity index (χ1n) is 6.07. The summed E-state index contributed by atoms with van der Waals surface area (Å²) in [5.74, 6) is -0.964. The molecule has 1 aliphatic rings. The number of carbonyl (C=O) groups excluding carboxylic acids is 2. The third-order valence-electron chi connectivity index (χ3n) is 3.06. The van der Waals surface area contributed by atoms with Gasteiger partial charge in [-0.2, -0.15) is 0 Å². The molecule has 2 atom stereocenters. The second kappa shape index (κ2) is 7.86. The summed E-state index contributed by atoms with van der Waals surface area (Å²) < 4.78 is 37.4. The quantitative estimate of drug-likeness (QED) is 0.350. The Bertz CT molecular complexity index is 651. The van der Waals surface area contributed by atoms with Crippen molar-refractivity contribution in [2.75, 3.05) is 0 Å². The Morgan fingerprint density at radius 1 is 1.36 bits per heavy atom. The van der Waals surface area contributed by atoms with Crippen molar-refractivity contribution in [1.82, 2.24) is 9.62 Å². The Hall–Kier alpha value is -0.494. The Morgan fingerprint density at radius 2 is 1.95 bits per heavy atom. The average molecular weight is 352 g/mol. The molecular weight excluding hydrogens is 339 g/mol. The maximum absolute atomic E-state index is 11.5. The standard InChI is InChI=1S/C12H14N2O6S.K/c1-8-10(11(15)14(8)21(17,18)19)13-12(16)20-7-9-5-3-2-4-6-9;/h2-6,8,10H,7H2,1H3,(H,13,16)(H,17,18,19);/q;+1/p-1/t8-,10-;/m0./s1. The minimum atomic E-state index is -4.85. The molecular formula is C12H13KN2O6S. The number of carbonyl (C=O) groups is 2. The van der Waals surface area contributed by atoms with Crippen LogP contribution in [0.1, 0.15) is 12.5 Å². The van der Waals surface area contributed by atoms with Gasteiger partial charge >= 0.3 is 57.5 Å². The average Bonchev–Trinajstić information content (AvgIpc) is 2.42. The summed E-state index contributed by atoms with van der Waals surface area (Å²) in [6.07, 6.45) is -0.855. The Labute approximate surface area is 170 Å². The monoisotopic (exact) mass is 352 g/mol. The second-order valence-electron chi connectivity index (χ2n) is 4.52. The molecule has 0 spiro atoms. The number of hydrogen-bond acceptors (Lipinski definition) is 6. The van der Waals surface area contributed by atoms with Crippen LogP contribution in [0.25, 0.3) is 0 Å². The summed E-state index contributed by atoms with van der Waals surface area (Å²) in [5.41, 5.74) is 0.768. The summed E-state index contributed by atoms with van der Waals surface area (Å²) >= 11 is 0. The molecule has 0 aliphatic carbocycles. The summed E-state index contributed by atoms with van der Waals surface area (Å²) in [4.78, 5) is 23.0. The molecule has 22 heavy (non-hydrogen) atoms. The SMILES string of the molecule is C[C@H]1[C@H](NC(=O)OCc2ccccc2)C(=O)N1S(=O)(=O)[O-].[K+]. The maximum Gasteiger partial charge on any atom is 1.00 e. The molecule has 0 radical (unpaired) electrons. The van der Waals surface area contributed by atoms with Crippen LogP contribution in [-0.4, -0.2) is 41.4 Å². The van der Waals surface area contributed by atoms with E-state index in [1.165, 1.54) is 6.92 Å². The Morgan fingerprint density at radius 3 is 2.45 bits per heavy atom. The maximum atomic E-state index is 11.5. The fourth-order valence-electron chi connectivity index (χ4n) is 1.99. The predicted molar refractivity (Wildman–Crippen MR) is 69.6 cm³/mol. The molecule has 1 saturated heterocycles. The first-order chi connectivity index (χ1) is 9.80. The molecule has 1 heterocycles. The van der Waals surface area contributed by atoms with E-state index < -0.39 is 34.4 Å². The van der Waals surface area contributed by atoms with Crippen LogP contribution < -0.4 is 56.7 Å². The van der Waals surface area contributed by atoms with Gasteiger partial charge in [-0.15, -0.1) is 0 Å². The predicted octanol–water partition coefficient (Wildman–Crippen LogP) is -3.02. The summed E-state index contributed by atoms with van der Waals surface area (Å²) in [7, 11) is -4.85. The van der Waals surface area contributed by atoms with Crippen molar-refractivity contribution in [3.05, 3.63) is 35.9 Å². The number of benzene rings is 1. The second-order valence-corrected chi connectivity index (χ2v) is 5.76. The zero-order valence-corrected chi connectivity index (χ0v) is 16.0. The number of ether oxygens (including phenoxy) is 1. The van der Waals surface area contributed by atoms with Gasteiger partial charge in [0, 0.05) is 0 Å². The van der Waals surface area contributed by atoms with Crippen molar-refractivity contribution >= 4 is 22.3 Å². The van der Waals surface area contributed by atoms with Crippen LogP contribution in [-0.2, 0) is 26.4 Å². The van der Waals surface area contributed by atoms with Gasteiger partial charge in [-0.3, -0.25) is 4.79 Å². The molecule has 1 fully saturated rings. The van der Waals surface area contributed by atoms with Gasteiger partial charge in [0.2, 0.25) is 0 Å². The van der Waals surface area contributed by atoms with Gasteiger partial charge in [-0.05, 0) is 12.5 Å². The summed E-state index contributed by atoms with van der Waals surface area (Å²) in [5, 5.41) is 2.23. The third-order valence-corrected chi connectivity index (χ3v) is 4.06. The van der Waals surface area contributed by atoms with Crippen molar-refractivity contribution in [2.24, 2.45) is 0 Å². The van der Waals surface area contributed by atoms with Crippen LogP contribution in [0, 0.1) is 0 Å². The largest absolute Gasteiger partial charge is 1.00 e. The van der Waals surface area contributed by atoms with E-state index in [-0.39, 0.29) is 62.3 Å². The normalized spacial score (nSPS) is 20.6. The molecule has 114 valence electrons. The van der Waals surface area contributed by atoms with E-state index >= 15 is 0 Å².